The normalized spacial score (nSPS) is 15.3. The predicted octanol–water partition coefficient (Wildman–Crippen LogP) is 3.77. The van der Waals surface area contributed by atoms with Crippen molar-refractivity contribution in [1.29, 1.82) is 0 Å². The standard InChI is InChI=1S/C25H27FN6O2S/c1-17-16-18(26)8-9-23(17)35(33,34)31(3)19-11-14-32(15-12-19)25-21-7-5-4-6-20(21)24(28-29-25)22-10-13-27-30(22)2/h4-10,13,16,19H,11-12,14-15H2,1-3H3. The van der Waals surface area contributed by atoms with Crippen molar-refractivity contribution in [1.82, 2.24) is 24.3 Å². The minimum absolute atomic E-state index is 0.145. The van der Waals surface area contributed by atoms with E-state index >= 15 is 0 Å². The Balaban J connectivity index is 1.38. The van der Waals surface area contributed by atoms with Crippen LogP contribution in [0.5, 0.6) is 0 Å². The van der Waals surface area contributed by atoms with Crippen LogP contribution in [-0.4, -0.2) is 58.9 Å². The highest BCUT2D eigenvalue weighted by molar-refractivity contribution is 7.89. The van der Waals surface area contributed by atoms with Gasteiger partial charge in [-0.2, -0.15) is 9.40 Å². The van der Waals surface area contributed by atoms with Crippen LogP contribution in [-0.2, 0) is 17.1 Å². The van der Waals surface area contributed by atoms with E-state index < -0.39 is 15.8 Å². The first-order valence-electron chi connectivity index (χ1n) is 11.5. The molecule has 35 heavy (non-hydrogen) atoms. The van der Waals surface area contributed by atoms with Crippen molar-refractivity contribution < 1.29 is 12.8 Å². The third-order valence-electron chi connectivity index (χ3n) is 6.80. The highest BCUT2D eigenvalue weighted by Gasteiger charge is 2.32. The molecule has 3 heterocycles. The first kappa shape index (κ1) is 23.4. The van der Waals surface area contributed by atoms with E-state index in [9.17, 15) is 12.8 Å². The lowest BCUT2D eigenvalue weighted by molar-refractivity contribution is 0.311. The number of halogens is 1. The monoisotopic (exact) mass is 494 g/mol. The number of anilines is 1. The zero-order valence-corrected chi connectivity index (χ0v) is 20.7. The number of aromatic nitrogens is 4. The lowest BCUT2D eigenvalue weighted by Gasteiger charge is -2.37. The Morgan fingerprint density at radius 2 is 1.74 bits per heavy atom. The molecule has 5 rings (SSSR count). The maximum absolute atomic E-state index is 13.5. The van der Waals surface area contributed by atoms with Crippen molar-refractivity contribution in [3.05, 3.63) is 66.1 Å². The molecule has 0 spiro atoms. The molecule has 4 aromatic rings. The van der Waals surface area contributed by atoms with Gasteiger partial charge in [-0.15, -0.1) is 10.2 Å². The van der Waals surface area contributed by atoms with Gasteiger partial charge in [0.05, 0.1) is 10.6 Å². The zero-order chi connectivity index (χ0) is 24.7. The summed E-state index contributed by atoms with van der Waals surface area (Å²) in [6.07, 6.45) is 3.04. The molecule has 0 atom stereocenters. The lowest BCUT2D eigenvalue weighted by atomic mass is 10.0. The molecule has 8 nitrogen and oxygen atoms in total. The van der Waals surface area contributed by atoms with E-state index in [1.807, 2.05) is 37.4 Å². The average Bonchev–Trinajstić information content (AvgIpc) is 3.28. The number of rotatable bonds is 5. The van der Waals surface area contributed by atoms with Crippen LogP contribution in [0.1, 0.15) is 18.4 Å². The molecular formula is C25H27FN6O2S. The molecule has 0 bridgehead atoms. The van der Waals surface area contributed by atoms with Gasteiger partial charge in [-0.3, -0.25) is 4.68 Å². The number of hydrogen-bond acceptors (Lipinski definition) is 6. The van der Waals surface area contributed by atoms with Crippen LogP contribution in [0.15, 0.2) is 59.6 Å². The summed E-state index contributed by atoms with van der Waals surface area (Å²) in [5.41, 5.74) is 2.08. The summed E-state index contributed by atoms with van der Waals surface area (Å²) in [5.74, 6) is 0.352. The number of sulfonamides is 1. The van der Waals surface area contributed by atoms with Crippen molar-refractivity contribution in [3.63, 3.8) is 0 Å². The van der Waals surface area contributed by atoms with Gasteiger partial charge < -0.3 is 4.90 Å². The van der Waals surface area contributed by atoms with Crippen molar-refractivity contribution in [2.75, 3.05) is 25.0 Å². The second-order valence-electron chi connectivity index (χ2n) is 8.91. The molecule has 1 fully saturated rings. The summed E-state index contributed by atoms with van der Waals surface area (Å²) < 4.78 is 43.2. The first-order valence-corrected chi connectivity index (χ1v) is 12.9. The second kappa shape index (κ2) is 9.01. The van der Waals surface area contributed by atoms with Crippen LogP contribution in [0.4, 0.5) is 10.2 Å². The van der Waals surface area contributed by atoms with E-state index in [0.717, 1.165) is 28.0 Å². The second-order valence-corrected chi connectivity index (χ2v) is 10.9. The Hall–Kier alpha value is -3.37. The Morgan fingerprint density at radius 3 is 2.40 bits per heavy atom. The van der Waals surface area contributed by atoms with E-state index in [0.29, 0.717) is 31.5 Å². The topological polar surface area (TPSA) is 84.2 Å². The molecule has 1 aliphatic heterocycles. The summed E-state index contributed by atoms with van der Waals surface area (Å²) >= 11 is 0. The van der Waals surface area contributed by atoms with Crippen molar-refractivity contribution in [3.8, 4) is 11.4 Å². The predicted molar refractivity (Wildman–Crippen MR) is 133 cm³/mol. The fraction of sp³-hybridized carbons (Fsp3) is 0.320. The molecule has 182 valence electrons. The summed E-state index contributed by atoms with van der Waals surface area (Å²) in [4.78, 5) is 2.31. The number of fused-ring (bicyclic) bond motifs is 1. The smallest absolute Gasteiger partial charge is 0.243 e. The molecule has 0 unspecified atom stereocenters. The Bertz CT molecular complexity index is 1500. The van der Waals surface area contributed by atoms with Gasteiger partial charge >= 0.3 is 0 Å². The number of benzene rings is 2. The largest absolute Gasteiger partial charge is 0.354 e. The van der Waals surface area contributed by atoms with Crippen molar-refractivity contribution in [2.24, 2.45) is 7.05 Å². The minimum Gasteiger partial charge on any atom is -0.354 e. The molecule has 1 aliphatic rings. The van der Waals surface area contributed by atoms with Gasteiger partial charge in [0.2, 0.25) is 10.0 Å². The molecule has 0 N–H and O–H groups in total. The zero-order valence-electron chi connectivity index (χ0n) is 19.9. The minimum atomic E-state index is -3.73. The Labute approximate surface area is 204 Å². The van der Waals surface area contributed by atoms with Gasteiger partial charge in [-0.05, 0) is 49.6 Å². The highest BCUT2D eigenvalue weighted by Crippen LogP contribution is 2.33. The summed E-state index contributed by atoms with van der Waals surface area (Å²) in [6, 6.07) is 13.6. The summed E-state index contributed by atoms with van der Waals surface area (Å²) in [7, 11) is -0.241. The SMILES string of the molecule is Cc1cc(F)ccc1S(=O)(=O)N(C)C1CCN(c2nnc(-c3ccnn3C)c3ccccc23)CC1. The van der Waals surface area contributed by atoms with Crippen LogP contribution in [0.25, 0.3) is 22.2 Å². The molecule has 0 saturated carbocycles. The molecule has 0 radical (unpaired) electrons. The Kier molecular flexibility index (Phi) is 6.02. The molecule has 2 aromatic carbocycles. The van der Waals surface area contributed by atoms with E-state index in [2.05, 4.69) is 20.2 Å². The van der Waals surface area contributed by atoms with Crippen molar-refractivity contribution in [2.45, 2.75) is 30.7 Å². The van der Waals surface area contributed by atoms with Crippen LogP contribution in [0.2, 0.25) is 0 Å². The highest BCUT2D eigenvalue weighted by atomic mass is 32.2. The van der Waals surface area contributed by atoms with Gasteiger partial charge in [0, 0.05) is 50.2 Å². The molecule has 10 heteroatoms. The fourth-order valence-electron chi connectivity index (χ4n) is 4.81. The van der Waals surface area contributed by atoms with Crippen LogP contribution in [0, 0.1) is 12.7 Å². The molecule has 0 aliphatic carbocycles. The van der Waals surface area contributed by atoms with Gasteiger partial charge in [-0.1, -0.05) is 24.3 Å². The van der Waals surface area contributed by atoms with Gasteiger partial charge in [0.1, 0.15) is 11.5 Å². The molecular weight excluding hydrogens is 467 g/mol. The van der Waals surface area contributed by atoms with Crippen LogP contribution >= 0.6 is 0 Å². The number of nitrogens with zero attached hydrogens (tertiary/aromatic N) is 6. The third kappa shape index (κ3) is 4.17. The molecule has 0 amide bonds. The van der Waals surface area contributed by atoms with E-state index in [1.54, 1.807) is 24.9 Å². The van der Waals surface area contributed by atoms with E-state index in [-0.39, 0.29) is 10.9 Å². The number of hydrogen-bond donors (Lipinski definition) is 0. The maximum Gasteiger partial charge on any atom is 0.243 e. The molecule has 2 aromatic heterocycles. The van der Waals surface area contributed by atoms with E-state index in [4.69, 9.17) is 0 Å². The molecule has 1 saturated heterocycles. The number of aryl methyl sites for hydroxylation is 2. The van der Waals surface area contributed by atoms with Gasteiger partial charge in [0.25, 0.3) is 0 Å². The third-order valence-corrected chi connectivity index (χ3v) is 8.87. The van der Waals surface area contributed by atoms with Crippen LogP contribution in [0.3, 0.4) is 0 Å². The quantitative estimate of drug-likeness (QED) is 0.420. The summed E-state index contributed by atoms with van der Waals surface area (Å²) in [6.45, 7) is 2.92. The van der Waals surface area contributed by atoms with Gasteiger partial charge in [0.15, 0.2) is 5.82 Å². The average molecular weight is 495 g/mol. The first-order chi connectivity index (χ1) is 16.8. The lowest BCUT2D eigenvalue weighted by Crippen LogP contribution is -2.46. The Morgan fingerprint density at radius 1 is 1.03 bits per heavy atom. The van der Waals surface area contributed by atoms with Crippen LogP contribution < -0.4 is 4.90 Å². The van der Waals surface area contributed by atoms with E-state index in [1.165, 1.54) is 22.5 Å². The summed E-state index contributed by atoms with van der Waals surface area (Å²) in [5, 5.41) is 15.4. The van der Waals surface area contributed by atoms with Gasteiger partial charge in [-0.25, -0.2) is 12.8 Å². The fourth-order valence-corrected chi connectivity index (χ4v) is 6.43. The van der Waals surface area contributed by atoms with Crippen molar-refractivity contribution >= 4 is 26.6 Å². The number of piperidine rings is 1. The maximum atomic E-state index is 13.5.